The van der Waals surface area contributed by atoms with Crippen molar-refractivity contribution in [3.05, 3.63) is 46.7 Å². The van der Waals surface area contributed by atoms with Crippen LogP contribution >= 0.6 is 0 Å². The molecular weight excluding hydrogens is 276 g/mol. The zero-order valence-electron chi connectivity index (χ0n) is 12.8. The Balaban J connectivity index is 1.53. The van der Waals surface area contributed by atoms with Gasteiger partial charge in [0.05, 0.1) is 0 Å². The molecule has 0 atom stereocenters. The fourth-order valence-corrected chi connectivity index (χ4v) is 3.30. The van der Waals surface area contributed by atoms with Crippen LogP contribution < -0.4 is 5.32 Å². The summed E-state index contributed by atoms with van der Waals surface area (Å²) in [4.78, 5) is 16.9. The predicted octanol–water partition coefficient (Wildman–Crippen LogP) is 3.99. The highest BCUT2D eigenvalue weighted by molar-refractivity contribution is 6.03. The van der Waals surface area contributed by atoms with Crippen molar-refractivity contribution in [1.82, 2.24) is 4.98 Å². The van der Waals surface area contributed by atoms with Crippen LogP contribution in [0, 0.1) is 6.92 Å². The Hall–Kier alpha value is -2.10. The fraction of sp³-hybridized carbons (Fsp3) is 0.444. The molecule has 22 heavy (non-hydrogen) atoms. The number of anilines is 1. The first-order valence-electron chi connectivity index (χ1n) is 8.11. The summed E-state index contributed by atoms with van der Waals surface area (Å²) in [6.07, 6.45) is 6.92. The van der Waals surface area contributed by atoms with Gasteiger partial charge in [0.2, 0.25) is 0 Å². The first kappa shape index (κ1) is 13.6. The van der Waals surface area contributed by atoms with E-state index in [4.69, 9.17) is 4.42 Å². The third-order valence-corrected chi connectivity index (χ3v) is 4.84. The number of rotatable bonds is 3. The molecule has 1 N–H and O–H groups in total. The Bertz CT molecular complexity index is 729. The standard InChI is InChI=1S/C18H20N2O2/c1-11-16(20-18(22-11)13-5-3-6-13)17(21)19-15-9-8-12-4-2-7-14(12)10-15/h8-10,13H,2-7H2,1H3,(H,19,21). The van der Waals surface area contributed by atoms with Gasteiger partial charge in [-0.2, -0.15) is 0 Å². The number of aromatic nitrogens is 1. The van der Waals surface area contributed by atoms with E-state index in [1.54, 1.807) is 0 Å². The summed E-state index contributed by atoms with van der Waals surface area (Å²) in [5.41, 5.74) is 4.02. The number of nitrogens with zero attached hydrogens (tertiary/aromatic N) is 1. The molecule has 0 radical (unpaired) electrons. The van der Waals surface area contributed by atoms with Crippen LogP contribution in [-0.4, -0.2) is 10.9 Å². The Morgan fingerprint density at radius 3 is 2.82 bits per heavy atom. The van der Waals surface area contributed by atoms with Crippen molar-refractivity contribution in [2.24, 2.45) is 0 Å². The largest absolute Gasteiger partial charge is 0.445 e. The average Bonchev–Trinajstić information content (AvgIpc) is 3.03. The maximum atomic E-state index is 12.4. The molecule has 114 valence electrons. The molecule has 1 heterocycles. The highest BCUT2D eigenvalue weighted by Crippen LogP contribution is 2.36. The summed E-state index contributed by atoms with van der Waals surface area (Å²) >= 11 is 0. The van der Waals surface area contributed by atoms with Gasteiger partial charge in [0, 0.05) is 11.6 Å². The Kier molecular flexibility index (Phi) is 3.25. The van der Waals surface area contributed by atoms with Crippen molar-refractivity contribution >= 4 is 11.6 Å². The van der Waals surface area contributed by atoms with E-state index in [9.17, 15) is 4.79 Å². The molecule has 1 amide bonds. The maximum absolute atomic E-state index is 12.4. The molecular formula is C18H20N2O2. The Morgan fingerprint density at radius 1 is 1.23 bits per heavy atom. The molecule has 2 aliphatic rings. The van der Waals surface area contributed by atoms with Crippen LogP contribution in [0.4, 0.5) is 5.69 Å². The third-order valence-electron chi connectivity index (χ3n) is 4.84. The van der Waals surface area contributed by atoms with Gasteiger partial charge < -0.3 is 9.73 Å². The van der Waals surface area contributed by atoms with E-state index in [1.165, 1.54) is 24.0 Å². The highest BCUT2D eigenvalue weighted by Gasteiger charge is 2.27. The summed E-state index contributed by atoms with van der Waals surface area (Å²) < 4.78 is 5.68. The van der Waals surface area contributed by atoms with Crippen molar-refractivity contribution in [3.8, 4) is 0 Å². The number of carbonyl (C=O) groups is 1. The van der Waals surface area contributed by atoms with Gasteiger partial charge in [0.25, 0.3) is 5.91 Å². The summed E-state index contributed by atoms with van der Waals surface area (Å²) in [6.45, 7) is 1.81. The third kappa shape index (κ3) is 2.32. The molecule has 4 nitrogen and oxygen atoms in total. The van der Waals surface area contributed by atoms with Gasteiger partial charge in [-0.25, -0.2) is 4.98 Å². The number of hydrogen-bond donors (Lipinski definition) is 1. The predicted molar refractivity (Wildman–Crippen MR) is 84.3 cm³/mol. The molecule has 1 fully saturated rings. The van der Waals surface area contributed by atoms with E-state index < -0.39 is 0 Å². The van der Waals surface area contributed by atoms with Gasteiger partial charge >= 0.3 is 0 Å². The SMILES string of the molecule is Cc1oc(C2CCC2)nc1C(=O)Nc1ccc2c(c1)CCC2. The molecule has 1 saturated carbocycles. The van der Waals surface area contributed by atoms with Gasteiger partial charge in [-0.05, 0) is 62.3 Å². The molecule has 1 aromatic carbocycles. The van der Waals surface area contributed by atoms with E-state index >= 15 is 0 Å². The minimum Gasteiger partial charge on any atom is -0.445 e. The quantitative estimate of drug-likeness (QED) is 0.931. The number of carbonyl (C=O) groups excluding carboxylic acids is 1. The molecule has 2 aliphatic carbocycles. The van der Waals surface area contributed by atoms with Crippen molar-refractivity contribution in [1.29, 1.82) is 0 Å². The smallest absolute Gasteiger partial charge is 0.277 e. The normalized spacial score (nSPS) is 17.1. The minimum atomic E-state index is -0.176. The number of fused-ring (bicyclic) bond motifs is 1. The molecule has 0 bridgehead atoms. The number of hydrogen-bond acceptors (Lipinski definition) is 3. The highest BCUT2D eigenvalue weighted by atomic mass is 16.4. The number of benzene rings is 1. The number of oxazole rings is 1. The van der Waals surface area contributed by atoms with Gasteiger partial charge in [0.15, 0.2) is 11.6 Å². The minimum absolute atomic E-state index is 0.176. The van der Waals surface area contributed by atoms with Crippen LogP contribution in [0.5, 0.6) is 0 Å². The topological polar surface area (TPSA) is 55.1 Å². The van der Waals surface area contributed by atoms with E-state index in [1.807, 2.05) is 13.0 Å². The number of amides is 1. The molecule has 4 rings (SSSR count). The van der Waals surface area contributed by atoms with Crippen molar-refractivity contribution in [3.63, 3.8) is 0 Å². The summed E-state index contributed by atoms with van der Waals surface area (Å²) in [7, 11) is 0. The molecule has 0 saturated heterocycles. The van der Waals surface area contributed by atoms with Crippen molar-refractivity contribution < 1.29 is 9.21 Å². The van der Waals surface area contributed by atoms with Gasteiger partial charge in [-0.3, -0.25) is 4.79 Å². The molecule has 0 aliphatic heterocycles. The lowest BCUT2D eigenvalue weighted by Gasteiger charge is -2.21. The second-order valence-electron chi connectivity index (χ2n) is 6.38. The summed E-state index contributed by atoms with van der Waals surface area (Å²) in [6, 6.07) is 6.18. The Morgan fingerprint density at radius 2 is 2.05 bits per heavy atom. The maximum Gasteiger partial charge on any atom is 0.277 e. The van der Waals surface area contributed by atoms with Crippen molar-refractivity contribution in [2.45, 2.75) is 51.4 Å². The molecule has 4 heteroatoms. The lowest BCUT2D eigenvalue weighted by atomic mass is 9.85. The second kappa shape index (κ2) is 5.27. The van der Waals surface area contributed by atoms with Crippen LogP contribution in [-0.2, 0) is 12.8 Å². The van der Waals surface area contributed by atoms with Gasteiger partial charge in [-0.1, -0.05) is 12.5 Å². The van der Waals surface area contributed by atoms with Gasteiger partial charge in [0.1, 0.15) is 5.76 Å². The second-order valence-corrected chi connectivity index (χ2v) is 6.38. The van der Waals surface area contributed by atoms with Crippen LogP contribution in [0.3, 0.4) is 0 Å². The van der Waals surface area contributed by atoms with Crippen LogP contribution in [0.1, 0.15) is 64.9 Å². The number of aryl methyl sites for hydroxylation is 3. The Labute approximate surface area is 129 Å². The lowest BCUT2D eigenvalue weighted by molar-refractivity contribution is 0.102. The first-order valence-corrected chi connectivity index (χ1v) is 8.11. The molecule has 2 aromatic rings. The lowest BCUT2D eigenvalue weighted by Crippen LogP contribution is -2.14. The monoisotopic (exact) mass is 296 g/mol. The van der Waals surface area contributed by atoms with Crippen LogP contribution in [0.15, 0.2) is 22.6 Å². The molecule has 0 unspecified atom stereocenters. The summed E-state index contributed by atoms with van der Waals surface area (Å²) in [5, 5.41) is 2.96. The van der Waals surface area contributed by atoms with E-state index in [0.29, 0.717) is 17.4 Å². The summed E-state index contributed by atoms with van der Waals surface area (Å²) in [5.74, 6) is 1.56. The van der Waals surface area contributed by atoms with Crippen LogP contribution in [0.2, 0.25) is 0 Å². The first-order chi connectivity index (χ1) is 10.7. The van der Waals surface area contributed by atoms with E-state index in [2.05, 4.69) is 22.4 Å². The van der Waals surface area contributed by atoms with Gasteiger partial charge in [-0.15, -0.1) is 0 Å². The molecule has 1 aromatic heterocycles. The average molecular weight is 296 g/mol. The van der Waals surface area contributed by atoms with Crippen molar-refractivity contribution in [2.75, 3.05) is 5.32 Å². The zero-order valence-corrected chi connectivity index (χ0v) is 12.8. The van der Waals surface area contributed by atoms with E-state index in [-0.39, 0.29) is 5.91 Å². The fourth-order valence-electron chi connectivity index (χ4n) is 3.30. The molecule has 0 spiro atoms. The zero-order chi connectivity index (χ0) is 15.1. The number of nitrogens with one attached hydrogen (secondary N) is 1. The van der Waals surface area contributed by atoms with E-state index in [0.717, 1.165) is 37.3 Å². The van der Waals surface area contributed by atoms with Crippen LogP contribution in [0.25, 0.3) is 0 Å².